The zero-order valence-electron chi connectivity index (χ0n) is 7.69. The van der Waals surface area contributed by atoms with E-state index in [1.165, 1.54) is 14.2 Å². The van der Waals surface area contributed by atoms with Crippen LogP contribution in [0.25, 0.3) is 0 Å². The van der Waals surface area contributed by atoms with Crippen molar-refractivity contribution in [1.29, 1.82) is 0 Å². The summed E-state index contributed by atoms with van der Waals surface area (Å²) in [7, 11) is 1.42. The minimum absolute atomic E-state index is 0.0361. The molecule has 0 aromatic carbocycles. The van der Waals surface area contributed by atoms with Crippen LogP contribution in [0.5, 0.6) is 0 Å². The van der Waals surface area contributed by atoms with Gasteiger partial charge in [0.15, 0.2) is 5.25 Å². The summed E-state index contributed by atoms with van der Waals surface area (Å²) < 4.78 is 20.6. The Labute approximate surface area is 79.5 Å². The van der Waals surface area contributed by atoms with E-state index < -0.39 is 22.0 Å². The van der Waals surface area contributed by atoms with Gasteiger partial charge in [-0.05, 0) is 0 Å². The monoisotopic (exact) mass is 210 g/mol. The van der Waals surface area contributed by atoms with Gasteiger partial charge in [0.2, 0.25) is 0 Å². The van der Waals surface area contributed by atoms with Crippen LogP contribution >= 0.6 is 0 Å². The third kappa shape index (κ3) is 4.97. The van der Waals surface area contributed by atoms with Crippen LogP contribution in [0.15, 0.2) is 0 Å². The van der Waals surface area contributed by atoms with Crippen LogP contribution in [0.3, 0.4) is 0 Å². The average molecular weight is 210 g/mol. The smallest absolute Gasteiger partial charge is 0.321 e. The molecule has 0 rings (SSSR count). The van der Waals surface area contributed by atoms with E-state index in [1.807, 2.05) is 0 Å². The first-order valence-electron chi connectivity index (χ1n) is 3.71. The lowest BCUT2D eigenvalue weighted by Crippen LogP contribution is -2.32. The van der Waals surface area contributed by atoms with Crippen LogP contribution in [0.1, 0.15) is 0 Å². The Hall–Kier alpha value is -0.460. The highest BCUT2D eigenvalue weighted by molar-refractivity contribution is 7.86. The number of methoxy groups -OCH3 is 2. The summed E-state index contributed by atoms with van der Waals surface area (Å²) in [4.78, 5) is 10.6. The molecular weight excluding hydrogens is 196 g/mol. The Kier molecular flexibility index (Phi) is 6.75. The van der Waals surface area contributed by atoms with E-state index in [9.17, 15) is 9.00 Å². The second kappa shape index (κ2) is 6.99. The van der Waals surface area contributed by atoms with Crippen molar-refractivity contribution in [2.75, 3.05) is 33.2 Å². The Bertz CT molecular complexity index is 182. The first-order chi connectivity index (χ1) is 6.13. The molecule has 2 unspecified atom stereocenters. The third-order valence-electron chi connectivity index (χ3n) is 1.40. The summed E-state index contributed by atoms with van der Waals surface area (Å²) >= 11 is 0. The number of hydrogen-bond acceptors (Lipinski definition) is 4. The molecule has 0 aliphatic heterocycles. The van der Waals surface area contributed by atoms with Crippen molar-refractivity contribution in [2.45, 2.75) is 5.25 Å². The molecule has 0 radical (unpaired) electrons. The summed E-state index contributed by atoms with van der Waals surface area (Å²) in [5, 5.41) is 7.70. The van der Waals surface area contributed by atoms with E-state index in [0.29, 0.717) is 6.61 Å². The van der Waals surface area contributed by atoms with Gasteiger partial charge in [-0.2, -0.15) is 0 Å². The summed E-state index contributed by atoms with van der Waals surface area (Å²) in [6.07, 6.45) is 0. The fourth-order valence-electron chi connectivity index (χ4n) is 0.719. The standard InChI is InChI=1S/C7H14O5S/c1-11-3-4-13(10)6(5-12-2)7(8)9/h6H,3-5H2,1-2H3,(H,8,9). The number of rotatable bonds is 7. The van der Waals surface area contributed by atoms with E-state index in [0.717, 1.165) is 0 Å². The van der Waals surface area contributed by atoms with Gasteiger partial charge >= 0.3 is 5.97 Å². The minimum Gasteiger partial charge on any atom is -0.480 e. The number of carboxylic acids is 1. The topological polar surface area (TPSA) is 72.8 Å². The van der Waals surface area contributed by atoms with E-state index in [2.05, 4.69) is 4.74 Å². The minimum atomic E-state index is -1.44. The summed E-state index contributed by atoms with van der Waals surface area (Å²) in [5.41, 5.74) is 0. The van der Waals surface area contributed by atoms with Crippen molar-refractivity contribution in [1.82, 2.24) is 0 Å². The number of hydrogen-bond donors (Lipinski definition) is 1. The van der Waals surface area contributed by atoms with E-state index in [4.69, 9.17) is 9.84 Å². The quantitative estimate of drug-likeness (QED) is 0.612. The van der Waals surface area contributed by atoms with Crippen LogP contribution in [-0.4, -0.2) is 53.7 Å². The molecule has 0 bridgehead atoms. The van der Waals surface area contributed by atoms with Crippen molar-refractivity contribution < 1.29 is 23.6 Å². The molecule has 0 aromatic heterocycles. The lowest BCUT2D eigenvalue weighted by molar-refractivity contribution is -0.137. The van der Waals surface area contributed by atoms with Gasteiger partial charge in [-0.3, -0.25) is 9.00 Å². The zero-order chi connectivity index (χ0) is 10.3. The maximum Gasteiger partial charge on any atom is 0.321 e. The van der Waals surface area contributed by atoms with Crippen LogP contribution in [0.2, 0.25) is 0 Å². The summed E-state index contributed by atoms with van der Waals surface area (Å²) in [6.45, 7) is 0.256. The fourth-order valence-corrected chi connectivity index (χ4v) is 1.85. The molecule has 0 aliphatic carbocycles. The molecular formula is C7H14O5S. The maximum absolute atomic E-state index is 11.3. The Morgan fingerprint density at radius 1 is 1.46 bits per heavy atom. The van der Waals surface area contributed by atoms with Gasteiger partial charge in [-0.1, -0.05) is 0 Å². The molecule has 0 saturated heterocycles. The van der Waals surface area contributed by atoms with Gasteiger partial charge in [0.05, 0.1) is 13.2 Å². The van der Waals surface area contributed by atoms with Crippen molar-refractivity contribution in [2.24, 2.45) is 0 Å². The molecule has 0 fully saturated rings. The molecule has 0 aromatic rings. The number of ether oxygens (including phenoxy) is 2. The van der Waals surface area contributed by atoms with Gasteiger partial charge in [0, 0.05) is 30.8 Å². The van der Waals surface area contributed by atoms with E-state index in [-0.39, 0.29) is 12.4 Å². The number of aliphatic carboxylic acids is 1. The average Bonchev–Trinajstić information content (AvgIpc) is 2.09. The van der Waals surface area contributed by atoms with E-state index in [1.54, 1.807) is 0 Å². The van der Waals surface area contributed by atoms with Gasteiger partial charge in [-0.15, -0.1) is 0 Å². The molecule has 0 spiro atoms. The van der Waals surface area contributed by atoms with Crippen LogP contribution in [-0.2, 0) is 25.1 Å². The Balaban J connectivity index is 4.03. The van der Waals surface area contributed by atoms with Crippen LogP contribution < -0.4 is 0 Å². The molecule has 13 heavy (non-hydrogen) atoms. The van der Waals surface area contributed by atoms with Gasteiger partial charge < -0.3 is 14.6 Å². The number of carbonyl (C=O) groups is 1. The fraction of sp³-hybridized carbons (Fsp3) is 0.857. The van der Waals surface area contributed by atoms with Gasteiger partial charge in [-0.25, -0.2) is 0 Å². The normalized spacial score (nSPS) is 15.2. The van der Waals surface area contributed by atoms with Crippen molar-refractivity contribution in [3.05, 3.63) is 0 Å². The third-order valence-corrected chi connectivity index (χ3v) is 2.94. The molecule has 0 saturated carbocycles. The first-order valence-corrected chi connectivity index (χ1v) is 5.09. The predicted octanol–water partition coefficient (Wildman–Crippen LogP) is -0.519. The molecule has 0 amide bonds. The lowest BCUT2D eigenvalue weighted by atomic mass is 10.5. The highest BCUT2D eigenvalue weighted by Gasteiger charge is 2.23. The first kappa shape index (κ1) is 12.5. The van der Waals surface area contributed by atoms with Gasteiger partial charge in [0.1, 0.15) is 0 Å². The highest BCUT2D eigenvalue weighted by atomic mass is 32.2. The second-order valence-corrected chi connectivity index (χ2v) is 4.10. The van der Waals surface area contributed by atoms with Crippen LogP contribution in [0, 0.1) is 0 Å². The number of carboxylic acid groups (broad SMARTS) is 1. The maximum atomic E-state index is 11.3. The molecule has 2 atom stereocenters. The zero-order valence-corrected chi connectivity index (χ0v) is 8.50. The molecule has 6 heteroatoms. The van der Waals surface area contributed by atoms with Crippen molar-refractivity contribution in [3.8, 4) is 0 Å². The Morgan fingerprint density at radius 3 is 2.46 bits per heavy atom. The predicted molar refractivity (Wildman–Crippen MR) is 48.2 cm³/mol. The molecule has 0 heterocycles. The second-order valence-electron chi connectivity index (χ2n) is 2.36. The SMILES string of the molecule is COCCS(=O)C(COC)C(=O)O. The molecule has 78 valence electrons. The lowest BCUT2D eigenvalue weighted by Gasteiger charge is -2.10. The molecule has 1 N–H and O–H groups in total. The van der Waals surface area contributed by atoms with Crippen molar-refractivity contribution in [3.63, 3.8) is 0 Å². The summed E-state index contributed by atoms with van der Waals surface area (Å²) in [6, 6.07) is 0. The largest absolute Gasteiger partial charge is 0.480 e. The molecule has 0 aliphatic rings. The van der Waals surface area contributed by atoms with Gasteiger partial charge in [0.25, 0.3) is 0 Å². The van der Waals surface area contributed by atoms with E-state index >= 15 is 0 Å². The Morgan fingerprint density at radius 2 is 2.08 bits per heavy atom. The summed E-state index contributed by atoms with van der Waals surface area (Å²) in [5.74, 6) is -0.882. The highest BCUT2D eigenvalue weighted by Crippen LogP contribution is 1.98. The van der Waals surface area contributed by atoms with Crippen molar-refractivity contribution >= 4 is 16.8 Å². The molecule has 5 nitrogen and oxygen atoms in total. The van der Waals surface area contributed by atoms with Crippen LogP contribution in [0.4, 0.5) is 0 Å².